The van der Waals surface area contributed by atoms with Crippen LogP contribution in [0.5, 0.6) is 0 Å². The summed E-state index contributed by atoms with van der Waals surface area (Å²) in [6.45, 7) is 11.8. The summed E-state index contributed by atoms with van der Waals surface area (Å²) in [4.78, 5) is 16.2. The Kier molecular flexibility index (Phi) is 6.34. The van der Waals surface area contributed by atoms with Gasteiger partial charge in [-0.15, -0.1) is 0 Å². The van der Waals surface area contributed by atoms with Crippen molar-refractivity contribution in [3.63, 3.8) is 0 Å². The smallest absolute Gasteiger partial charge is 0.315 e. The van der Waals surface area contributed by atoms with Crippen LogP contribution in [0, 0.1) is 18.3 Å². The highest BCUT2D eigenvalue weighted by Crippen LogP contribution is 2.25. The van der Waals surface area contributed by atoms with Gasteiger partial charge in [-0.2, -0.15) is 4.98 Å². The van der Waals surface area contributed by atoms with E-state index in [1.165, 1.54) is 0 Å². The first kappa shape index (κ1) is 18.4. The van der Waals surface area contributed by atoms with E-state index in [1.807, 2.05) is 34.6 Å². The molecule has 2 amide bonds. The molecule has 0 spiro atoms. The molecule has 0 aromatic carbocycles. The predicted octanol–water partition coefficient (Wildman–Crippen LogP) is 2.17. The quantitative estimate of drug-likeness (QED) is 0.716. The minimum Gasteiger partial charge on any atom is -0.392 e. The molecule has 2 unspecified atom stereocenters. The molecule has 7 nitrogen and oxygen atoms in total. The molecule has 126 valence electrons. The highest BCUT2D eigenvalue weighted by molar-refractivity contribution is 5.74. The normalized spacial score (nSPS) is 14.7. The molecule has 7 heteroatoms. The number of hydrogen-bond acceptors (Lipinski definition) is 5. The molecule has 0 saturated heterocycles. The fourth-order valence-electron chi connectivity index (χ4n) is 2.33. The number of carbonyl (C=O) groups is 1. The number of aromatic nitrogens is 2. The number of aliphatic hydroxyl groups excluding tert-OH is 1. The molecular formula is C15H28N4O3. The van der Waals surface area contributed by atoms with Gasteiger partial charge in [-0.05, 0) is 12.3 Å². The largest absolute Gasteiger partial charge is 0.392 e. The average molecular weight is 312 g/mol. The van der Waals surface area contributed by atoms with Crippen LogP contribution in [0.1, 0.15) is 58.8 Å². The molecule has 0 fully saturated rings. The van der Waals surface area contributed by atoms with E-state index >= 15 is 0 Å². The third kappa shape index (κ3) is 4.98. The van der Waals surface area contributed by atoms with E-state index in [0.29, 0.717) is 24.7 Å². The Hall–Kier alpha value is -1.63. The summed E-state index contributed by atoms with van der Waals surface area (Å²) in [5, 5.41) is 19.6. The fraction of sp³-hybridized carbons (Fsp3) is 0.800. The number of aliphatic hydroxyl groups is 1. The van der Waals surface area contributed by atoms with Gasteiger partial charge in [0.1, 0.15) is 0 Å². The van der Waals surface area contributed by atoms with Crippen LogP contribution in [-0.2, 0) is 0 Å². The molecule has 0 aliphatic rings. The van der Waals surface area contributed by atoms with Gasteiger partial charge in [0.05, 0.1) is 12.1 Å². The predicted molar refractivity (Wildman–Crippen MR) is 83.2 cm³/mol. The summed E-state index contributed by atoms with van der Waals surface area (Å²) in [7, 11) is 0. The molecule has 1 rings (SSSR count). The van der Waals surface area contributed by atoms with Gasteiger partial charge in [-0.3, -0.25) is 0 Å². The fourth-order valence-corrected chi connectivity index (χ4v) is 2.33. The summed E-state index contributed by atoms with van der Waals surface area (Å²) in [5.41, 5.74) is -0.407. The highest BCUT2D eigenvalue weighted by atomic mass is 16.5. The van der Waals surface area contributed by atoms with Crippen LogP contribution in [0.3, 0.4) is 0 Å². The molecule has 3 N–H and O–H groups in total. The van der Waals surface area contributed by atoms with Crippen molar-refractivity contribution in [2.45, 2.75) is 60.1 Å². The van der Waals surface area contributed by atoms with E-state index in [1.54, 1.807) is 6.92 Å². The number of carbonyl (C=O) groups excluding carboxylic acids is 1. The second-order valence-electron chi connectivity index (χ2n) is 6.64. The second kappa shape index (κ2) is 7.58. The Morgan fingerprint density at radius 2 is 2.05 bits per heavy atom. The van der Waals surface area contributed by atoms with Gasteiger partial charge < -0.3 is 20.3 Å². The lowest BCUT2D eigenvalue weighted by Gasteiger charge is -2.33. The number of urea groups is 1. The van der Waals surface area contributed by atoms with Crippen LogP contribution < -0.4 is 10.6 Å². The maximum Gasteiger partial charge on any atom is 0.315 e. The van der Waals surface area contributed by atoms with Gasteiger partial charge in [0, 0.05) is 18.9 Å². The van der Waals surface area contributed by atoms with Crippen LogP contribution in [0.2, 0.25) is 0 Å². The van der Waals surface area contributed by atoms with Crippen molar-refractivity contribution in [3.05, 3.63) is 11.7 Å². The monoisotopic (exact) mass is 312 g/mol. The number of aryl methyl sites for hydroxylation is 1. The van der Waals surface area contributed by atoms with E-state index in [4.69, 9.17) is 4.52 Å². The summed E-state index contributed by atoms with van der Waals surface area (Å²) in [5.74, 6) is 1.07. The summed E-state index contributed by atoms with van der Waals surface area (Å²) in [6.07, 6.45) is 0.166. The van der Waals surface area contributed by atoms with E-state index in [-0.39, 0.29) is 18.0 Å². The van der Waals surface area contributed by atoms with Crippen molar-refractivity contribution in [2.24, 2.45) is 11.3 Å². The molecule has 0 aliphatic heterocycles. The lowest BCUT2D eigenvalue weighted by Crippen LogP contribution is -2.47. The molecule has 2 atom stereocenters. The minimum atomic E-state index is -0.491. The van der Waals surface area contributed by atoms with E-state index in [2.05, 4.69) is 20.8 Å². The molecule has 1 aromatic rings. The first-order valence-electron chi connectivity index (χ1n) is 7.70. The minimum absolute atomic E-state index is 0.130. The number of rotatable bonds is 7. The van der Waals surface area contributed by atoms with Gasteiger partial charge in [0.2, 0.25) is 5.89 Å². The van der Waals surface area contributed by atoms with Crippen LogP contribution in [0.25, 0.3) is 0 Å². The second-order valence-corrected chi connectivity index (χ2v) is 6.64. The maximum absolute atomic E-state index is 12.0. The Bertz CT molecular complexity index is 485. The zero-order chi connectivity index (χ0) is 16.9. The molecule has 0 saturated carbocycles. The molecule has 1 heterocycles. The van der Waals surface area contributed by atoms with Gasteiger partial charge in [0.25, 0.3) is 0 Å². The van der Waals surface area contributed by atoms with Crippen molar-refractivity contribution < 1.29 is 14.4 Å². The van der Waals surface area contributed by atoms with Crippen LogP contribution in [-0.4, -0.2) is 33.9 Å². The molecule has 0 bridgehead atoms. The number of amides is 2. The van der Waals surface area contributed by atoms with Crippen molar-refractivity contribution in [1.29, 1.82) is 0 Å². The number of nitrogens with one attached hydrogen (secondary N) is 2. The Morgan fingerprint density at radius 3 is 2.50 bits per heavy atom. The van der Waals surface area contributed by atoms with Crippen molar-refractivity contribution in [3.8, 4) is 0 Å². The van der Waals surface area contributed by atoms with E-state index in [0.717, 1.165) is 0 Å². The van der Waals surface area contributed by atoms with Gasteiger partial charge in [-0.1, -0.05) is 39.8 Å². The molecular weight excluding hydrogens is 284 g/mol. The van der Waals surface area contributed by atoms with Crippen molar-refractivity contribution in [1.82, 2.24) is 20.8 Å². The zero-order valence-electron chi connectivity index (χ0n) is 14.3. The van der Waals surface area contributed by atoms with Crippen LogP contribution in [0.15, 0.2) is 4.52 Å². The maximum atomic E-state index is 12.0. The summed E-state index contributed by atoms with van der Waals surface area (Å²) < 4.78 is 4.94. The standard InChI is InChI=1S/C15H28N4O3/c1-7-11(13-17-10(4)22-19-13)18-14(21)16-8-15(5,6)12(20)9(2)3/h9,11-12,20H,7-8H2,1-6H3,(H2,16,18,21). The highest BCUT2D eigenvalue weighted by Gasteiger charge is 2.30. The van der Waals surface area contributed by atoms with Crippen LogP contribution in [0.4, 0.5) is 4.79 Å². The molecule has 1 aromatic heterocycles. The molecule has 22 heavy (non-hydrogen) atoms. The third-order valence-electron chi connectivity index (χ3n) is 3.71. The van der Waals surface area contributed by atoms with Crippen molar-refractivity contribution >= 4 is 6.03 Å². The Balaban J connectivity index is 2.55. The number of nitrogens with zero attached hydrogens (tertiary/aromatic N) is 2. The zero-order valence-corrected chi connectivity index (χ0v) is 14.3. The van der Waals surface area contributed by atoms with Crippen molar-refractivity contribution in [2.75, 3.05) is 6.54 Å². The van der Waals surface area contributed by atoms with Gasteiger partial charge >= 0.3 is 6.03 Å². The first-order chi connectivity index (χ1) is 10.2. The molecule has 0 aliphatic carbocycles. The van der Waals surface area contributed by atoms with Crippen LogP contribution >= 0.6 is 0 Å². The number of hydrogen-bond donors (Lipinski definition) is 3. The van der Waals surface area contributed by atoms with Gasteiger partial charge in [-0.25, -0.2) is 4.79 Å². The van der Waals surface area contributed by atoms with E-state index in [9.17, 15) is 9.90 Å². The lowest BCUT2D eigenvalue weighted by molar-refractivity contribution is 0.0151. The summed E-state index contributed by atoms with van der Waals surface area (Å²) in [6, 6.07) is -0.603. The average Bonchev–Trinajstić information content (AvgIpc) is 2.88. The SMILES string of the molecule is CCC(NC(=O)NCC(C)(C)C(O)C(C)C)c1noc(C)n1. The lowest BCUT2D eigenvalue weighted by atomic mass is 9.81. The topological polar surface area (TPSA) is 100 Å². The van der Waals surface area contributed by atoms with E-state index < -0.39 is 11.5 Å². The third-order valence-corrected chi connectivity index (χ3v) is 3.71. The van der Waals surface area contributed by atoms with Gasteiger partial charge in [0.15, 0.2) is 5.82 Å². The Morgan fingerprint density at radius 1 is 1.41 bits per heavy atom. The summed E-state index contributed by atoms with van der Waals surface area (Å²) >= 11 is 0. The molecule has 0 radical (unpaired) electrons. The Labute approximate surface area is 131 Å². The first-order valence-corrected chi connectivity index (χ1v) is 7.70.